The highest BCUT2D eigenvalue weighted by Crippen LogP contribution is 2.40. The first-order valence-electron chi connectivity index (χ1n) is 19.4. The molecule has 57 heavy (non-hydrogen) atoms. The third-order valence-electron chi connectivity index (χ3n) is 11.2. The fourth-order valence-corrected chi connectivity index (χ4v) is 8.42. The summed E-state index contributed by atoms with van der Waals surface area (Å²) >= 11 is 0. The smallest absolute Gasteiger partial charge is 0.160 e. The van der Waals surface area contributed by atoms with Gasteiger partial charge in [-0.25, -0.2) is 9.97 Å². The lowest BCUT2D eigenvalue weighted by Crippen LogP contribution is -1.97. The van der Waals surface area contributed by atoms with E-state index in [2.05, 4.69) is 193 Å². The third-order valence-corrected chi connectivity index (χ3v) is 11.2. The lowest BCUT2D eigenvalue weighted by atomic mass is 9.92. The maximum absolute atomic E-state index is 5.23. The maximum Gasteiger partial charge on any atom is 0.160 e. The topological polar surface area (TPSA) is 30.7 Å². The van der Waals surface area contributed by atoms with Crippen molar-refractivity contribution < 1.29 is 0 Å². The molecule has 0 bridgehead atoms. The van der Waals surface area contributed by atoms with Crippen molar-refractivity contribution in [1.29, 1.82) is 0 Å². The van der Waals surface area contributed by atoms with Gasteiger partial charge in [-0.05, 0) is 80.2 Å². The molecule has 0 fully saturated rings. The molecule has 0 aliphatic carbocycles. The molecular weight excluding hydrogens is 691 g/mol. The van der Waals surface area contributed by atoms with Gasteiger partial charge < -0.3 is 4.57 Å². The van der Waals surface area contributed by atoms with Crippen LogP contribution < -0.4 is 0 Å². The molecule has 0 unspecified atom stereocenters. The zero-order valence-corrected chi connectivity index (χ0v) is 31.0. The van der Waals surface area contributed by atoms with E-state index >= 15 is 0 Å². The Kier molecular flexibility index (Phi) is 7.82. The van der Waals surface area contributed by atoms with Gasteiger partial charge in [-0.15, -0.1) is 0 Å². The van der Waals surface area contributed by atoms with Crippen LogP contribution in [0.3, 0.4) is 0 Å². The van der Waals surface area contributed by atoms with Crippen LogP contribution in [0.25, 0.3) is 105 Å². The van der Waals surface area contributed by atoms with Crippen molar-refractivity contribution >= 4 is 43.4 Å². The largest absolute Gasteiger partial charge is 0.309 e. The molecular formula is C54H35N3. The molecule has 9 aromatic carbocycles. The monoisotopic (exact) mass is 725 g/mol. The second-order valence-electron chi connectivity index (χ2n) is 14.6. The Morgan fingerprint density at radius 1 is 0.298 bits per heavy atom. The predicted octanol–water partition coefficient (Wildman–Crippen LogP) is 14.2. The van der Waals surface area contributed by atoms with E-state index in [1.165, 1.54) is 60.2 Å². The number of hydrogen-bond acceptors (Lipinski definition) is 2. The van der Waals surface area contributed by atoms with Crippen molar-refractivity contribution in [3.8, 4) is 61.8 Å². The summed E-state index contributed by atoms with van der Waals surface area (Å²) in [5.41, 5.74) is 13.2. The first-order chi connectivity index (χ1) is 28.2. The standard InChI is InChI=1S/C54H35N3/c1-3-13-36(14-4-1)38-23-25-39(26-24-38)50-35-51(56-54(55-50)40-16-5-2-6-17-40)47-31-30-44(45-19-9-10-20-46(45)47)42-28-32-53-49(34-42)48-21-11-12-22-52(48)57(53)43-29-27-37-15-7-8-18-41(37)33-43/h1-35H. The van der Waals surface area contributed by atoms with Gasteiger partial charge in [-0.3, -0.25) is 0 Å². The minimum absolute atomic E-state index is 0.705. The van der Waals surface area contributed by atoms with E-state index in [9.17, 15) is 0 Å². The van der Waals surface area contributed by atoms with Crippen LogP contribution in [-0.2, 0) is 0 Å². The fraction of sp³-hybridized carbons (Fsp3) is 0. The van der Waals surface area contributed by atoms with Crippen molar-refractivity contribution in [2.75, 3.05) is 0 Å². The fourth-order valence-electron chi connectivity index (χ4n) is 8.42. The molecule has 2 heterocycles. The summed E-state index contributed by atoms with van der Waals surface area (Å²) in [4.78, 5) is 10.4. The van der Waals surface area contributed by atoms with E-state index < -0.39 is 0 Å². The lowest BCUT2D eigenvalue weighted by molar-refractivity contribution is 1.18. The van der Waals surface area contributed by atoms with E-state index in [0.717, 1.165) is 39.2 Å². The van der Waals surface area contributed by atoms with Crippen LogP contribution in [0, 0.1) is 0 Å². The second-order valence-corrected chi connectivity index (χ2v) is 14.6. The van der Waals surface area contributed by atoms with Gasteiger partial charge in [-0.2, -0.15) is 0 Å². The molecule has 0 saturated carbocycles. The molecule has 0 radical (unpaired) electrons. The van der Waals surface area contributed by atoms with Crippen LogP contribution >= 0.6 is 0 Å². The highest BCUT2D eigenvalue weighted by molar-refractivity contribution is 6.12. The van der Waals surface area contributed by atoms with E-state index in [4.69, 9.17) is 9.97 Å². The first kappa shape index (κ1) is 32.8. The van der Waals surface area contributed by atoms with Crippen LogP contribution in [0.4, 0.5) is 0 Å². The number of rotatable bonds is 6. The van der Waals surface area contributed by atoms with Crippen LogP contribution in [-0.4, -0.2) is 14.5 Å². The Balaban J connectivity index is 1.05. The Morgan fingerprint density at radius 3 is 1.65 bits per heavy atom. The number of fused-ring (bicyclic) bond motifs is 5. The van der Waals surface area contributed by atoms with Gasteiger partial charge in [0, 0.05) is 33.2 Å². The summed E-state index contributed by atoms with van der Waals surface area (Å²) in [7, 11) is 0. The maximum atomic E-state index is 5.23. The van der Waals surface area contributed by atoms with Gasteiger partial charge in [-0.1, -0.05) is 176 Å². The first-order valence-corrected chi connectivity index (χ1v) is 19.4. The third kappa shape index (κ3) is 5.76. The van der Waals surface area contributed by atoms with Crippen LogP contribution in [0.2, 0.25) is 0 Å². The van der Waals surface area contributed by atoms with Crippen molar-refractivity contribution in [1.82, 2.24) is 14.5 Å². The summed E-state index contributed by atoms with van der Waals surface area (Å²) in [6.45, 7) is 0. The van der Waals surface area contributed by atoms with Crippen molar-refractivity contribution in [3.05, 3.63) is 212 Å². The van der Waals surface area contributed by atoms with Crippen molar-refractivity contribution in [3.63, 3.8) is 0 Å². The van der Waals surface area contributed by atoms with E-state index in [-0.39, 0.29) is 0 Å². The molecule has 2 aromatic heterocycles. The Bertz CT molecular complexity index is 3270. The molecule has 11 aromatic rings. The molecule has 0 atom stereocenters. The van der Waals surface area contributed by atoms with Gasteiger partial charge in [0.2, 0.25) is 0 Å². The Hall–Kier alpha value is -7.62. The average Bonchev–Trinajstić information content (AvgIpc) is 3.62. The van der Waals surface area contributed by atoms with Gasteiger partial charge in [0.05, 0.1) is 22.4 Å². The zero-order valence-electron chi connectivity index (χ0n) is 31.0. The zero-order chi connectivity index (χ0) is 37.7. The molecule has 266 valence electrons. The highest BCUT2D eigenvalue weighted by atomic mass is 15.0. The van der Waals surface area contributed by atoms with E-state index in [1.807, 2.05) is 24.3 Å². The van der Waals surface area contributed by atoms with Crippen molar-refractivity contribution in [2.24, 2.45) is 0 Å². The quantitative estimate of drug-likeness (QED) is 0.171. The molecule has 3 nitrogen and oxygen atoms in total. The minimum Gasteiger partial charge on any atom is -0.309 e. The Morgan fingerprint density at radius 2 is 0.860 bits per heavy atom. The van der Waals surface area contributed by atoms with Gasteiger partial charge in [0.15, 0.2) is 5.82 Å². The van der Waals surface area contributed by atoms with Gasteiger partial charge in [0.25, 0.3) is 0 Å². The van der Waals surface area contributed by atoms with E-state index in [0.29, 0.717) is 5.82 Å². The molecule has 0 spiro atoms. The summed E-state index contributed by atoms with van der Waals surface area (Å²) in [5.74, 6) is 0.705. The molecule has 0 aliphatic rings. The lowest BCUT2D eigenvalue weighted by Gasteiger charge is -2.14. The second kappa shape index (κ2) is 13.6. The molecule has 0 amide bonds. The SMILES string of the molecule is c1ccc(-c2ccc(-c3cc(-c4ccc(-c5ccc6c(c5)c5ccccc5n6-c5ccc6ccccc6c5)c5ccccc45)nc(-c4ccccc4)n3)cc2)cc1. The Labute approximate surface area is 330 Å². The molecule has 11 rings (SSSR count). The summed E-state index contributed by atoms with van der Waals surface area (Å²) in [5, 5.41) is 7.28. The molecule has 0 aliphatic heterocycles. The summed E-state index contributed by atoms with van der Waals surface area (Å²) < 4.78 is 2.40. The molecule has 3 heteroatoms. The summed E-state index contributed by atoms with van der Waals surface area (Å²) in [6.07, 6.45) is 0. The summed E-state index contributed by atoms with van der Waals surface area (Å²) in [6, 6.07) is 75.8. The van der Waals surface area contributed by atoms with Gasteiger partial charge in [0.1, 0.15) is 0 Å². The average molecular weight is 726 g/mol. The number of hydrogen-bond donors (Lipinski definition) is 0. The van der Waals surface area contributed by atoms with Crippen molar-refractivity contribution in [2.45, 2.75) is 0 Å². The van der Waals surface area contributed by atoms with Crippen LogP contribution in [0.15, 0.2) is 212 Å². The number of nitrogens with zero attached hydrogens (tertiary/aromatic N) is 3. The normalized spacial score (nSPS) is 11.5. The number of aromatic nitrogens is 3. The minimum atomic E-state index is 0.705. The number of para-hydroxylation sites is 1. The van der Waals surface area contributed by atoms with E-state index in [1.54, 1.807) is 0 Å². The molecule has 0 saturated heterocycles. The molecule has 0 N–H and O–H groups in total. The highest BCUT2D eigenvalue weighted by Gasteiger charge is 2.17. The predicted molar refractivity (Wildman–Crippen MR) is 239 cm³/mol. The van der Waals surface area contributed by atoms with Crippen LogP contribution in [0.1, 0.15) is 0 Å². The number of benzene rings is 9. The van der Waals surface area contributed by atoms with Gasteiger partial charge >= 0.3 is 0 Å². The van der Waals surface area contributed by atoms with Crippen LogP contribution in [0.5, 0.6) is 0 Å².